The van der Waals surface area contributed by atoms with E-state index in [0.717, 1.165) is 25.7 Å². The summed E-state index contributed by atoms with van der Waals surface area (Å²) in [6.45, 7) is 2.02. The summed E-state index contributed by atoms with van der Waals surface area (Å²) in [6, 6.07) is 6.88. The van der Waals surface area contributed by atoms with Crippen molar-refractivity contribution in [1.29, 1.82) is 0 Å². The number of carbonyl (C=O) groups excluding carboxylic acids is 2. The van der Waals surface area contributed by atoms with E-state index in [2.05, 4.69) is 0 Å². The van der Waals surface area contributed by atoms with Crippen molar-refractivity contribution >= 4 is 34.6 Å². The molecule has 0 saturated heterocycles. The molecule has 0 bridgehead atoms. The fourth-order valence-corrected chi connectivity index (χ4v) is 3.79. The van der Waals surface area contributed by atoms with Crippen LogP contribution in [0.15, 0.2) is 24.3 Å². The van der Waals surface area contributed by atoms with Gasteiger partial charge in [0, 0.05) is 15.8 Å². The molecule has 1 aromatic rings. The Morgan fingerprint density at radius 3 is 2.82 bits per heavy atom. The quantitative estimate of drug-likeness (QED) is 0.742. The second kappa shape index (κ2) is 8.44. The summed E-state index contributed by atoms with van der Waals surface area (Å²) in [6.07, 6.45) is 2.70. The van der Waals surface area contributed by atoms with E-state index >= 15 is 0 Å². The van der Waals surface area contributed by atoms with Crippen LogP contribution in [0.1, 0.15) is 43.0 Å². The summed E-state index contributed by atoms with van der Waals surface area (Å²) < 4.78 is 10.2. The van der Waals surface area contributed by atoms with Gasteiger partial charge in [-0.05, 0) is 38.3 Å². The fourth-order valence-electron chi connectivity index (χ4n) is 2.43. The number of hydrogen-bond acceptors (Lipinski definition) is 5. The predicted octanol–water partition coefficient (Wildman–Crippen LogP) is 4.70. The van der Waals surface area contributed by atoms with Crippen LogP contribution in [0.5, 0.6) is 0 Å². The molecule has 1 fully saturated rings. The molecule has 1 aliphatic carbocycles. The molecule has 4 nitrogen and oxygen atoms in total. The van der Waals surface area contributed by atoms with Gasteiger partial charge in [0.05, 0.1) is 6.61 Å². The molecule has 0 aliphatic heterocycles. The van der Waals surface area contributed by atoms with Crippen LogP contribution in [0.2, 0.25) is 5.02 Å². The van der Waals surface area contributed by atoms with E-state index in [1.54, 1.807) is 31.2 Å². The number of carbonyl (C=O) groups is 2. The Balaban J connectivity index is 1.98. The molecular weight excluding hydrogens is 324 g/mol. The minimum absolute atomic E-state index is 0.0374. The second-order valence-electron chi connectivity index (χ2n) is 5.08. The summed E-state index contributed by atoms with van der Waals surface area (Å²) >= 11 is 7.14. The molecule has 6 heteroatoms. The predicted molar refractivity (Wildman–Crippen MR) is 87.5 cm³/mol. The monoisotopic (exact) mass is 342 g/mol. The van der Waals surface area contributed by atoms with E-state index in [1.807, 2.05) is 0 Å². The highest BCUT2D eigenvalue weighted by atomic mass is 35.5. The van der Waals surface area contributed by atoms with Crippen molar-refractivity contribution in [1.82, 2.24) is 0 Å². The average Bonchev–Trinajstić information content (AvgIpc) is 2.49. The van der Waals surface area contributed by atoms with E-state index in [4.69, 9.17) is 21.1 Å². The highest BCUT2D eigenvalue weighted by Gasteiger charge is 2.31. The third-order valence-corrected chi connectivity index (χ3v) is 5.00. The van der Waals surface area contributed by atoms with Crippen molar-refractivity contribution < 1.29 is 19.1 Å². The average molecular weight is 343 g/mol. The zero-order valence-electron chi connectivity index (χ0n) is 12.4. The maximum atomic E-state index is 12.4. The van der Waals surface area contributed by atoms with Gasteiger partial charge in [-0.3, -0.25) is 4.79 Å². The minimum atomic E-state index is -0.657. The molecule has 2 rings (SSSR count). The normalized spacial score (nSPS) is 21.2. The number of hydrogen-bond donors (Lipinski definition) is 0. The standard InChI is InChI=1S/C16H19ClO4S/c1-2-20-16(19)21-13-8-3-4-9-14(13)22-15(18)11-6-5-7-12(17)10-11/h5-7,10,13-14H,2-4,8-9H2,1H3. The molecule has 22 heavy (non-hydrogen) atoms. The molecule has 0 radical (unpaired) electrons. The molecule has 1 aromatic carbocycles. The van der Waals surface area contributed by atoms with Crippen molar-refractivity contribution in [3.05, 3.63) is 34.9 Å². The van der Waals surface area contributed by atoms with E-state index in [0.29, 0.717) is 10.6 Å². The Morgan fingerprint density at radius 2 is 2.09 bits per heavy atom. The maximum Gasteiger partial charge on any atom is 0.508 e. The van der Waals surface area contributed by atoms with Crippen molar-refractivity contribution in [3.63, 3.8) is 0 Å². The Bertz CT molecular complexity index is 535. The van der Waals surface area contributed by atoms with Gasteiger partial charge in [-0.1, -0.05) is 41.9 Å². The van der Waals surface area contributed by atoms with Gasteiger partial charge >= 0.3 is 6.16 Å². The van der Waals surface area contributed by atoms with Crippen molar-refractivity contribution in [2.24, 2.45) is 0 Å². The second-order valence-corrected chi connectivity index (χ2v) is 6.73. The van der Waals surface area contributed by atoms with E-state index in [-0.39, 0.29) is 23.1 Å². The molecular formula is C16H19ClO4S. The van der Waals surface area contributed by atoms with Crippen LogP contribution < -0.4 is 0 Å². The van der Waals surface area contributed by atoms with Crippen molar-refractivity contribution in [2.75, 3.05) is 6.61 Å². The van der Waals surface area contributed by atoms with Crippen LogP contribution in [0, 0.1) is 0 Å². The Morgan fingerprint density at radius 1 is 1.32 bits per heavy atom. The summed E-state index contributed by atoms with van der Waals surface area (Å²) in [7, 11) is 0. The molecule has 0 amide bonds. The molecule has 1 saturated carbocycles. The molecule has 0 heterocycles. The molecule has 0 N–H and O–H groups in total. The van der Waals surface area contributed by atoms with E-state index in [1.165, 1.54) is 11.8 Å². The van der Waals surface area contributed by atoms with Crippen molar-refractivity contribution in [2.45, 2.75) is 44.0 Å². The SMILES string of the molecule is CCOC(=O)OC1CCCCC1SC(=O)c1cccc(Cl)c1. The Kier molecular flexibility index (Phi) is 6.58. The summed E-state index contributed by atoms with van der Waals surface area (Å²) in [5, 5.41) is 0.450. The number of thioether (sulfide) groups is 1. The van der Waals surface area contributed by atoms with Gasteiger partial charge in [0.15, 0.2) is 0 Å². The highest BCUT2D eigenvalue weighted by molar-refractivity contribution is 8.14. The van der Waals surface area contributed by atoms with Crippen LogP contribution >= 0.6 is 23.4 Å². The lowest BCUT2D eigenvalue weighted by atomic mass is 9.97. The van der Waals surface area contributed by atoms with Crippen LogP contribution in [0.25, 0.3) is 0 Å². The van der Waals surface area contributed by atoms with Gasteiger partial charge < -0.3 is 9.47 Å². The van der Waals surface area contributed by atoms with Crippen molar-refractivity contribution in [3.8, 4) is 0 Å². The number of halogens is 1. The van der Waals surface area contributed by atoms with Gasteiger partial charge in [-0.2, -0.15) is 0 Å². The van der Waals surface area contributed by atoms with Gasteiger partial charge in [0.2, 0.25) is 5.12 Å². The van der Waals surface area contributed by atoms with Crippen LogP contribution in [-0.2, 0) is 9.47 Å². The van der Waals surface area contributed by atoms with Crippen LogP contribution in [0.3, 0.4) is 0 Å². The zero-order valence-corrected chi connectivity index (χ0v) is 14.0. The topological polar surface area (TPSA) is 52.6 Å². The van der Waals surface area contributed by atoms with Gasteiger partial charge in [0.1, 0.15) is 6.10 Å². The molecule has 0 spiro atoms. The number of rotatable bonds is 4. The largest absolute Gasteiger partial charge is 0.508 e. The number of ether oxygens (including phenoxy) is 2. The molecule has 120 valence electrons. The molecule has 2 unspecified atom stereocenters. The third kappa shape index (κ3) is 4.92. The molecule has 1 aliphatic rings. The first-order chi connectivity index (χ1) is 10.6. The summed E-state index contributed by atoms with van der Waals surface area (Å²) in [4.78, 5) is 23.9. The van der Waals surface area contributed by atoms with E-state index < -0.39 is 6.16 Å². The number of benzene rings is 1. The zero-order chi connectivity index (χ0) is 15.9. The summed E-state index contributed by atoms with van der Waals surface area (Å²) in [5.41, 5.74) is 0.568. The maximum absolute atomic E-state index is 12.4. The van der Waals surface area contributed by atoms with Gasteiger partial charge in [0.25, 0.3) is 0 Å². The van der Waals surface area contributed by atoms with E-state index in [9.17, 15) is 9.59 Å². The lowest BCUT2D eigenvalue weighted by Crippen LogP contribution is -2.33. The Labute approximate surface area is 139 Å². The Hall–Kier alpha value is -1.20. The highest BCUT2D eigenvalue weighted by Crippen LogP contribution is 2.33. The van der Waals surface area contributed by atoms with Gasteiger partial charge in [-0.25, -0.2) is 4.79 Å². The lowest BCUT2D eigenvalue weighted by molar-refractivity contribution is 0.0162. The fraction of sp³-hybridized carbons (Fsp3) is 0.500. The lowest BCUT2D eigenvalue weighted by Gasteiger charge is -2.29. The van der Waals surface area contributed by atoms with Crippen LogP contribution in [-0.4, -0.2) is 29.2 Å². The minimum Gasteiger partial charge on any atom is -0.435 e. The van der Waals surface area contributed by atoms with Crippen LogP contribution in [0.4, 0.5) is 4.79 Å². The third-order valence-electron chi connectivity index (χ3n) is 3.47. The van der Waals surface area contributed by atoms with Gasteiger partial charge in [-0.15, -0.1) is 0 Å². The first-order valence-electron chi connectivity index (χ1n) is 7.40. The first-order valence-corrected chi connectivity index (χ1v) is 8.66. The molecule has 2 atom stereocenters. The molecule has 0 aromatic heterocycles. The first kappa shape index (κ1) is 17.2. The summed E-state index contributed by atoms with van der Waals surface area (Å²) in [5.74, 6) is 0. The smallest absolute Gasteiger partial charge is 0.435 e.